The molecule has 1 aromatic carbocycles. The lowest BCUT2D eigenvalue weighted by atomic mass is 10.2. The Balaban J connectivity index is 1.75. The molecule has 3 rings (SSSR count). The normalized spacial score (nSPS) is 15.6. The van der Waals surface area contributed by atoms with Crippen LogP contribution < -0.4 is 20.3 Å². The number of thioether (sulfide) groups is 1. The predicted octanol–water partition coefficient (Wildman–Crippen LogP) is 2.24. The highest BCUT2D eigenvalue weighted by Crippen LogP contribution is 2.33. The van der Waals surface area contributed by atoms with E-state index in [0.717, 1.165) is 0 Å². The van der Waals surface area contributed by atoms with Crippen LogP contribution in [0.3, 0.4) is 0 Å². The second kappa shape index (κ2) is 7.18. The van der Waals surface area contributed by atoms with Gasteiger partial charge in [-0.15, -0.1) is 0 Å². The molecule has 132 valence electrons. The van der Waals surface area contributed by atoms with Crippen molar-refractivity contribution in [2.24, 2.45) is 0 Å². The van der Waals surface area contributed by atoms with Gasteiger partial charge in [0.05, 0.1) is 25.9 Å². The molecule has 8 heteroatoms. The summed E-state index contributed by atoms with van der Waals surface area (Å²) in [5.74, 6) is 1.63. The Morgan fingerprint density at radius 1 is 1.40 bits per heavy atom. The van der Waals surface area contributed by atoms with Crippen LogP contribution in [0.1, 0.15) is 18.0 Å². The van der Waals surface area contributed by atoms with E-state index in [4.69, 9.17) is 9.47 Å². The van der Waals surface area contributed by atoms with Crippen molar-refractivity contribution in [3.05, 3.63) is 40.3 Å². The fourth-order valence-corrected chi connectivity index (χ4v) is 3.79. The Kier molecular flexibility index (Phi) is 4.98. The van der Waals surface area contributed by atoms with E-state index in [9.17, 15) is 9.59 Å². The maximum Gasteiger partial charge on any atom is 0.257 e. The first kappa shape index (κ1) is 17.3. The van der Waals surface area contributed by atoms with E-state index in [-0.39, 0.29) is 23.9 Å². The van der Waals surface area contributed by atoms with Gasteiger partial charge < -0.3 is 14.8 Å². The number of ether oxygens (including phenoxy) is 2. The Labute approximate surface area is 149 Å². The largest absolute Gasteiger partial charge is 0.497 e. The molecule has 1 aliphatic rings. The van der Waals surface area contributed by atoms with E-state index >= 15 is 0 Å². The molecule has 0 aliphatic carbocycles. The minimum absolute atomic E-state index is 0.0881. The molecule has 0 fully saturated rings. The maximum absolute atomic E-state index is 12.5. The number of methoxy groups -OCH3 is 2. The van der Waals surface area contributed by atoms with Gasteiger partial charge in [-0.1, -0.05) is 11.8 Å². The number of anilines is 1. The van der Waals surface area contributed by atoms with Gasteiger partial charge in [-0.2, -0.15) is 0 Å². The summed E-state index contributed by atoms with van der Waals surface area (Å²) in [5, 5.41) is 3.50. The molecular formula is C17H19N3O4S. The van der Waals surface area contributed by atoms with Crippen LogP contribution in [-0.2, 0) is 4.79 Å². The summed E-state index contributed by atoms with van der Waals surface area (Å²) < 4.78 is 12.0. The monoisotopic (exact) mass is 361 g/mol. The first-order valence-corrected chi connectivity index (χ1v) is 8.75. The second-order valence-electron chi connectivity index (χ2n) is 5.68. The average molecular weight is 361 g/mol. The van der Waals surface area contributed by atoms with Crippen molar-refractivity contribution in [1.29, 1.82) is 0 Å². The third-order valence-corrected chi connectivity index (χ3v) is 5.12. The topological polar surface area (TPSA) is 82.5 Å². The first-order chi connectivity index (χ1) is 12.0. The molecule has 1 aromatic heterocycles. The summed E-state index contributed by atoms with van der Waals surface area (Å²) in [6.07, 6.45) is 1.77. The van der Waals surface area contributed by atoms with Crippen LogP contribution in [0.2, 0.25) is 0 Å². The number of carbonyl (C=O) groups is 1. The molecule has 2 heterocycles. The number of aryl methyl sites for hydroxylation is 1. The summed E-state index contributed by atoms with van der Waals surface area (Å²) >= 11 is 1.49. The molecule has 0 radical (unpaired) electrons. The molecule has 1 unspecified atom stereocenters. The van der Waals surface area contributed by atoms with E-state index in [2.05, 4.69) is 10.3 Å². The number of benzene rings is 1. The zero-order valence-corrected chi connectivity index (χ0v) is 15.1. The predicted molar refractivity (Wildman–Crippen MR) is 95.8 cm³/mol. The molecule has 1 atom stereocenters. The van der Waals surface area contributed by atoms with Gasteiger partial charge in [-0.05, 0) is 19.1 Å². The summed E-state index contributed by atoms with van der Waals surface area (Å²) in [7, 11) is 3.10. The van der Waals surface area contributed by atoms with Crippen LogP contribution in [-0.4, -0.2) is 35.4 Å². The van der Waals surface area contributed by atoms with Crippen LogP contribution >= 0.6 is 11.8 Å². The SMILES string of the molecule is COc1ccc(NC(=O)CC2CSc3ncc(C)c(=O)n32)c(OC)c1. The number of hydrogen-bond acceptors (Lipinski definition) is 6. The third kappa shape index (κ3) is 3.48. The summed E-state index contributed by atoms with van der Waals surface area (Å²) in [5.41, 5.74) is 1.05. The number of nitrogens with one attached hydrogen (secondary N) is 1. The van der Waals surface area contributed by atoms with Crippen LogP contribution in [0.4, 0.5) is 5.69 Å². The van der Waals surface area contributed by atoms with Crippen LogP contribution in [0, 0.1) is 6.92 Å². The summed E-state index contributed by atoms with van der Waals surface area (Å²) in [6.45, 7) is 1.73. The highest BCUT2D eigenvalue weighted by atomic mass is 32.2. The summed E-state index contributed by atoms with van der Waals surface area (Å²) in [6, 6.07) is 4.97. The van der Waals surface area contributed by atoms with Gasteiger partial charge in [-0.25, -0.2) is 4.98 Å². The van der Waals surface area contributed by atoms with Gasteiger partial charge in [0.1, 0.15) is 11.5 Å². The zero-order valence-electron chi connectivity index (χ0n) is 14.2. The van der Waals surface area contributed by atoms with Crippen molar-refractivity contribution < 1.29 is 14.3 Å². The third-order valence-electron chi connectivity index (χ3n) is 4.00. The molecular weight excluding hydrogens is 342 g/mol. The molecule has 0 spiro atoms. The van der Waals surface area contributed by atoms with Crippen molar-refractivity contribution in [1.82, 2.24) is 9.55 Å². The van der Waals surface area contributed by atoms with Gasteiger partial charge in [-0.3, -0.25) is 14.2 Å². The van der Waals surface area contributed by atoms with E-state index in [1.165, 1.54) is 18.9 Å². The quantitative estimate of drug-likeness (QED) is 0.823. The zero-order chi connectivity index (χ0) is 18.0. The standard InChI is InChI=1S/C17H19N3O4S/c1-10-8-18-17-20(16(10)22)11(9-25-17)6-15(21)19-13-5-4-12(23-2)7-14(13)24-3/h4-5,7-8,11H,6,9H2,1-3H3,(H,19,21). The van der Waals surface area contributed by atoms with Gasteiger partial charge in [0.2, 0.25) is 5.91 Å². The number of hydrogen-bond donors (Lipinski definition) is 1. The molecule has 7 nitrogen and oxygen atoms in total. The summed E-state index contributed by atoms with van der Waals surface area (Å²) in [4.78, 5) is 29.0. The van der Waals surface area contributed by atoms with E-state index in [1.807, 2.05) is 0 Å². The fraction of sp³-hybridized carbons (Fsp3) is 0.353. The molecule has 0 saturated heterocycles. The van der Waals surface area contributed by atoms with Gasteiger partial charge >= 0.3 is 0 Å². The Hall–Kier alpha value is -2.48. The molecule has 25 heavy (non-hydrogen) atoms. The van der Waals surface area contributed by atoms with Crippen molar-refractivity contribution in [2.45, 2.75) is 24.5 Å². The van der Waals surface area contributed by atoms with Crippen LogP contribution in [0.25, 0.3) is 0 Å². The lowest BCUT2D eigenvalue weighted by molar-refractivity contribution is -0.116. The molecule has 0 bridgehead atoms. The number of nitrogens with zero attached hydrogens (tertiary/aromatic N) is 2. The molecule has 1 amide bonds. The van der Waals surface area contributed by atoms with Gasteiger partial charge in [0.25, 0.3) is 5.56 Å². The lowest BCUT2D eigenvalue weighted by Crippen LogP contribution is -2.28. The highest BCUT2D eigenvalue weighted by Gasteiger charge is 2.27. The number of rotatable bonds is 5. The lowest BCUT2D eigenvalue weighted by Gasteiger charge is -2.15. The van der Waals surface area contributed by atoms with Crippen LogP contribution in [0.15, 0.2) is 34.3 Å². The molecule has 1 aliphatic heterocycles. The minimum atomic E-state index is -0.204. The smallest absolute Gasteiger partial charge is 0.257 e. The number of carbonyl (C=O) groups excluding carboxylic acids is 1. The second-order valence-corrected chi connectivity index (χ2v) is 6.67. The van der Waals surface area contributed by atoms with Gasteiger partial charge in [0, 0.05) is 30.0 Å². The Morgan fingerprint density at radius 2 is 2.20 bits per heavy atom. The van der Waals surface area contributed by atoms with Crippen molar-refractivity contribution in [3.8, 4) is 11.5 Å². The van der Waals surface area contributed by atoms with Crippen LogP contribution in [0.5, 0.6) is 11.5 Å². The molecule has 0 saturated carbocycles. The van der Waals surface area contributed by atoms with E-state index in [1.54, 1.807) is 43.0 Å². The van der Waals surface area contributed by atoms with Crippen molar-refractivity contribution in [3.63, 3.8) is 0 Å². The number of amides is 1. The highest BCUT2D eigenvalue weighted by molar-refractivity contribution is 7.99. The van der Waals surface area contributed by atoms with Crippen molar-refractivity contribution >= 4 is 23.4 Å². The average Bonchev–Trinajstić information content (AvgIpc) is 3.01. The first-order valence-electron chi connectivity index (χ1n) is 7.76. The molecule has 2 aromatic rings. The van der Waals surface area contributed by atoms with E-state index in [0.29, 0.717) is 33.7 Å². The minimum Gasteiger partial charge on any atom is -0.497 e. The van der Waals surface area contributed by atoms with E-state index < -0.39 is 0 Å². The maximum atomic E-state index is 12.5. The Bertz CT molecular complexity index is 865. The molecule has 1 N–H and O–H groups in total. The van der Waals surface area contributed by atoms with Crippen molar-refractivity contribution in [2.75, 3.05) is 25.3 Å². The Morgan fingerprint density at radius 3 is 2.92 bits per heavy atom. The number of aromatic nitrogens is 2. The van der Waals surface area contributed by atoms with Gasteiger partial charge in [0.15, 0.2) is 5.16 Å². The number of fused-ring (bicyclic) bond motifs is 1. The fourth-order valence-electron chi connectivity index (χ4n) is 2.69.